The lowest BCUT2D eigenvalue weighted by Crippen LogP contribution is -2.41. The van der Waals surface area contributed by atoms with Gasteiger partial charge in [-0.15, -0.1) is 0 Å². The summed E-state index contributed by atoms with van der Waals surface area (Å²) >= 11 is 0. The number of aliphatic hydroxyl groups excluding tert-OH is 1. The minimum atomic E-state index is -0.606. The van der Waals surface area contributed by atoms with E-state index in [2.05, 4.69) is 16.6 Å². The third kappa shape index (κ3) is 4.46. The van der Waals surface area contributed by atoms with Crippen LogP contribution in [0.4, 0.5) is 0 Å². The van der Waals surface area contributed by atoms with Crippen molar-refractivity contribution < 1.29 is 9.84 Å². The summed E-state index contributed by atoms with van der Waals surface area (Å²) in [4.78, 5) is 10.2. The molecule has 7 heteroatoms. The van der Waals surface area contributed by atoms with E-state index in [1.165, 1.54) is 6.20 Å². The number of nitrogens with zero attached hydrogens (tertiary/aromatic N) is 3. The van der Waals surface area contributed by atoms with Crippen LogP contribution in [-0.2, 0) is 4.74 Å². The van der Waals surface area contributed by atoms with Crippen LogP contribution in [0.1, 0.15) is 0 Å². The molecule has 5 N–H and O–H groups in total. The van der Waals surface area contributed by atoms with E-state index in [-0.39, 0.29) is 12.4 Å². The Morgan fingerprint density at radius 1 is 1.14 bits per heavy atom. The highest BCUT2D eigenvalue weighted by molar-refractivity contribution is 6.09. The van der Waals surface area contributed by atoms with Gasteiger partial charge in [-0.2, -0.15) is 0 Å². The van der Waals surface area contributed by atoms with Crippen molar-refractivity contribution in [3.05, 3.63) is 96.2 Å². The Morgan fingerprint density at radius 2 is 1.75 bits per heavy atom. The zero-order valence-corrected chi connectivity index (χ0v) is 15.3. The molecule has 28 heavy (non-hydrogen) atoms. The third-order valence-electron chi connectivity index (χ3n) is 4.11. The predicted molar refractivity (Wildman–Crippen MR) is 112 cm³/mol. The molecular formula is C21H23N5O2. The summed E-state index contributed by atoms with van der Waals surface area (Å²) in [5.74, 6) is 0.473. The van der Waals surface area contributed by atoms with E-state index in [9.17, 15) is 5.11 Å². The highest BCUT2D eigenvalue weighted by Gasteiger charge is 2.30. The fraction of sp³-hybridized carbons (Fsp3) is 0.143. The van der Waals surface area contributed by atoms with Crippen LogP contribution in [0, 0.1) is 0 Å². The first kappa shape index (κ1) is 19.3. The van der Waals surface area contributed by atoms with Gasteiger partial charge in [0.1, 0.15) is 17.6 Å². The molecule has 0 aromatic rings. The van der Waals surface area contributed by atoms with E-state index in [4.69, 9.17) is 16.2 Å². The largest absolute Gasteiger partial charge is 0.393 e. The predicted octanol–water partition coefficient (Wildman–Crippen LogP) is 1.77. The molecule has 0 aromatic carbocycles. The van der Waals surface area contributed by atoms with Crippen molar-refractivity contribution in [3.8, 4) is 0 Å². The van der Waals surface area contributed by atoms with E-state index in [1.54, 1.807) is 11.2 Å². The summed E-state index contributed by atoms with van der Waals surface area (Å²) in [5, 5.41) is 9.83. The van der Waals surface area contributed by atoms with Crippen molar-refractivity contribution in [2.45, 2.75) is 12.3 Å². The smallest absolute Gasteiger partial charge is 0.165 e. The highest BCUT2D eigenvalue weighted by atomic mass is 16.5. The van der Waals surface area contributed by atoms with Crippen molar-refractivity contribution >= 4 is 12.2 Å². The van der Waals surface area contributed by atoms with E-state index in [0.717, 1.165) is 11.1 Å². The summed E-state index contributed by atoms with van der Waals surface area (Å²) < 4.78 is 6.19. The zero-order valence-electron chi connectivity index (χ0n) is 15.3. The fourth-order valence-electron chi connectivity index (χ4n) is 2.84. The molecule has 3 aliphatic rings. The number of aliphatic imine (C=N–C) groups is 2. The molecule has 1 heterocycles. The molecule has 144 valence electrons. The van der Waals surface area contributed by atoms with Crippen LogP contribution in [-0.4, -0.2) is 41.1 Å². The molecule has 2 unspecified atom stereocenters. The van der Waals surface area contributed by atoms with E-state index in [0.29, 0.717) is 11.5 Å². The van der Waals surface area contributed by atoms with Gasteiger partial charge in [-0.1, -0.05) is 55.2 Å². The van der Waals surface area contributed by atoms with Crippen LogP contribution >= 0.6 is 0 Å². The third-order valence-corrected chi connectivity index (χ3v) is 4.11. The summed E-state index contributed by atoms with van der Waals surface area (Å²) in [7, 11) is 0. The maximum atomic E-state index is 9.83. The molecule has 2 aliphatic carbocycles. The van der Waals surface area contributed by atoms with Crippen LogP contribution in [0.3, 0.4) is 0 Å². The maximum Gasteiger partial charge on any atom is 0.165 e. The van der Waals surface area contributed by atoms with Crippen molar-refractivity contribution in [2.75, 3.05) is 6.61 Å². The number of hydrogen-bond acceptors (Lipinski definition) is 6. The Labute approximate surface area is 164 Å². The number of allylic oxidation sites excluding steroid dienone is 10. The lowest BCUT2D eigenvalue weighted by Gasteiger charge is -2.28. The summed E-state index contributed by atoms with van der Waals surface area (Å²) in [6, 6.07) is 0. The second-order valence-corrected chi connectivity index (χ2v) is 6.11. The normalized spacial score (nSPS) is 20.5. The molecule has 7 nitrogen and oxygen atoms in total. The Morgan fingerprint density at radius 3 is 2.29 bits per heavy atom. The number of ether oxygens (including phenoxy) is 1. The molecule has 0 amide bonds. The van der Waals surface area contributed by atoms with E-state index in [1.807, 2.05) is 60.8 Å². The SMILES string of the molecule is C=C/N=C1\C(=C(N)N)N=CN1C(C=C1C=CC=C1)OC(C=C1C=CC=C1)CO. The standard InChI is InChI=1S/C21H23N5O2/c1-2-24-21-19(20(22)23)25-14-26(21)18(12-16-9-5-6-10-16)28-17(13-27)11-15-7-3-4-8-15/h2-12,14,17-18,27H,1,13,22-23H2/b24-21+. The van der Waals surface area contributed by atoms with Crippen molar-refractivity contribution in [1.29, 1.82) is 0 Å². The lowest BCUT2D eigenvalue weighted by atomic mass is 10.2. The van der Waals surface area contributed by atoms with Gasteiger partial charge >= 0.3 is 0 Å². The fourth-order valence-corrected chi connectivity index (χ4v) is 2.84. The molecule has 0 fully saturated rings. The van der Waals surface area contributed by atoms with Gasteiger partial charge in [0, 0.05) is 6.20 Å². The van der Waals surface area contributed by atoms with Crippen LogP contribution in [0.5, 0.6) is 0 Å². The number of aliphatic hydroxyl groups is 1. The number of amidine groups is 1. The van der Waals surface area contributed by atoms with Crippen LogP contribution in [0.15, 0.2) is 106 Å². The average molecular weight is 377 g/mol. The molecule has 0 saturated heterocycles. The van der Waals surface area contributed by atoms with Crippen LogP contribution in [0.2, 0.25) is 0 Å². The van der Waals surface area contributed by atoms with Gasteiger partial charge in [-0.25, -0.2) is 9.98 Å². The Hall–Kier alpha value is -3.42. The molecule has 3 rings (SSSR count). The number of hydrogen-bond donors (Lipinski definition) is 3. The first-order chi connectivity index (χ1) is 13.6. The Kier molecular flexibility index (Phi) is 6.21. The molecule has 2 atom stereocenters. The monoisotopic (exact) mass is 377 g/mol. The van der Waals surface area contributed by atoms with Gasteiger partial charge in [0.15, 0.2) is 12.1 Å². The van der Waals surface area contributed by atoms with E-state index >= 15 is 0 Å². The van der Waals surface area contributed by atoms with E-state index < -0.39 is 12.3 Å². The van der Waals surface area contributed by atoms with Crippen molar-refractivity contribution in [3.63, 3.8) is 0 Å². The summed E-state index contributed by atoms with van der Waals surface area (Å²) in [5.41, 5.74) is 13.8. The first-order valence-electron chi connectivity index (χ1n) is 8.78. The number of nitrogens with two attached hydrogens (primary N) is 2. The molecule has 0 radical (unpaired) electrons. The summed E-state index contributed by atoms with van der Waals surface area (Å²) in [6.07, 6.45) is 21.1. The number of rotatable bonds is 7. The van der Waals surface area contributed by atoms with Gasteiger partial charge < -0.3 is 21.3 Å². The molecule has 0 spiro atoms. The minimum Gasteiger partial charge on any atom is -0.393 e. The Balaban J connectivity index is 1.93. The molecular weight excluding hydrogens is 354 g/mol. The topological polar surface area (TPSA) is 109 Å². The van der Waals surface area contributed by atoms with Crippen molar-refractivity contribution in [2.24, 2.45) is 21.5 Å². The summed E-state index contributed by atoms with van der Waals surface area (Å²) in [6.45, 7) is 3.46. The lowest BCUT2D eigenvalue weighted by molar-refractivity contribution is -0.0250. The molecule has 1 aliphatic heterocycles. The van der Waals surface area contributed by atoms with Gasteiger partial charge in [-0.05, 0) is 23.3 Å². The van der Waals surface area contributed by atoms with Gasteiger partial charge in [0.05, 0.1) is 12.9 Å². The quantitative estimate of drug-likeness (QED) is 0.626. The van der Waals surface area contributed by atoms with Crippen molar-refractivity contribution in [1.82, 2.24) is 4.90 Å². The van der Waals surface area contributed by atoms with Gasteiger partial charge in [0.2, 0.25) is 0 Å². The van der Waals surface area contributed by atoms with Crippen LogP contribution in [0.25, 0.3) is 0 Å². The molecule has 0 saturated carbocycles. The first-order valence-corrected chi connectivity index (χ1v) is 8.78. The molecule has 0 aromatic heterocycles. The Bertz CT molecular complexity index is 868. The minimum absolute atomic E-state index is 0.0495. The van der Waals surface area contributed by atoms with Crippen LogP contribution < -0.4 is 11.5 Å². The maximum absolute atomic E-state index is 9.83. The molecule has 0 bridgehead atoms. The second-order valence-electron chi connectivity index (χ2n) is 6.11. The van der Waals surface area contributed by atoms with Gasteiger partial charge in [-0.3, -0.25) is 4.90 Å². The van der Waals surface area contributed by atoms with Gasteiger partial charge in [0.25, 0.3) is 0 Å². The zero-order chi connectivity index (χ0) is 19.9. The average Bonchev–Trinajstić information content (AvgIpc) is 3.42. The highest BCUT2D eigenvalue weighted by Crippen LogP contribution is 2.22. The second kappa shape index (κ2) is 8.98.